The summed E-state index contributed by atoms with van der Waals surface area (Å²) in [5.74, 6) is 0. The largest absolute Gasteiger partial charge is 0.147 e. The smallest absolute Gasteiger partial charge is 0.0155 e. The van der Waals surface area contributed by atoms with Crippen LogP contribution < -0.4 is 0 Å². The van der Waals surface area contributed by atoms with Gasteiger partial charge in [-0.25, -0.2) is 0 Å². The van der Waals surface area contributed by atoms with E-state index in [-0.39, 0.29) is 49.6 Å². The molecule has 0 radical (unpaired) electrons. The maximum atomic E-state index is 2.16. The summed E-state index contributed by atoms with van der Waals surface area (Å²) in [6.07, 6.45) is 0. The zero-order valence-electron chi connectivity index (χ0n) is 9.33. The number of hydrogen-bond acceptors (Lipinski definition) is 0. The number of hydrogen-bond donors (Lipinski definition) is 0. The van der Waals surface area contributed by atoms with E-state index in [9.17, 15) is 0 Å². The van der Waals surface area contributed by atoms with Crippen molar-refractivity contribution in [3.8, 4) is 11.1 Å². The van der Waals surface area contributed by atoms with Crippen LogP contribution in [0.25, 0.3) is 11.1 Å². The van der Waals surface area contributed by atoms with E-state index in [0.717, 1.165) is 0 Å². The van der Waals surface area contributed by atoms with E-state index in [1.54, 1.807) is 0 Å². The second-order valence-corrected chi connectivity index (χ2v) is 3.18. The lowest BCUT2D eigenvalue weighted by Crippen LogP contribution is -1.80. The van der Waals surface area contributed by atoms with Gasteiger partial charge in [-0.1, -0.05) is 54.6 Å². The quantitative estimate of drug-likeness (QED) is 0.665. The predicted octanol–water partition coefficient (Wildman–Crippen LogP) is 5.35. The van der Waals surface area contributed by atoms with E-state index >= 15 is 0 Å². The van der Waals surface area contributed by atoms with Crippen LogP contribution in [-0.2, 0) is 0 Å². The molecule has 2 aromatic carbocycles. The fourth-order valence-corrected chi connectivity index (χ4v) is 1.51. The normalized spacial score (nSPS) is 7.59. The van der Waals surface area contributed by atoms with Crippen LogP contribution in [0.1, 0.15) is 5.56 Å². The highest BCUT2D eigenvalue weighted by atomic mass is 35.5. The molecule has 0 unspecified atom stereocenters. The fraction of sp³-hybridized carbons (Fsp3) is 0.0769. The van der Waals surface area contributed by atoms with Gasteiger partial charge in [-0.15, -0.1) is 49.6 Å². The van der Waals surface area contributed by atoms with Gasteiger partial charge in [0, 0.05) is 0 Å². The highest BCUT2D eigenvalue weighted by Crippen LogP contribution is 2.21. The fourth-order valence-electron chi connectivity index (χ4n) is 1.51. The maximum absolute atomic E-state index is 2.16. The number of halogens is 4. The third kappa shape index (κ3) is 5.65. The first-order valence-corrected chi connectivity index (χ1v) is 4.49. The first kappa shape index (κ1) is 21.8. The molecule has 0 aliphatic rings. The van der Waals surface area contributed by atoms with Gasteiger partial charge in [0.25, 0.3) is 0 Å². The van der Waals surface area contributed by atoms with E-state index in [2.05, 4.69) is 55.5 Å². The molecule has 4 heteroatoms. The molecule has 0 heterocycles. The summed E-state index contributed by atoms with van der Waals surface area (Å²) >= 11 is 0. The van der Waals surface area contributed by atoms with Gasteiger partial charge in [0.2, 0.25) is 0 Å². The lowest BCUT2D eigenvalue weighted by Gasteiger charge is -2.04. The Morgan fingerprint density at radius 2 is 1.06 bits per heavy atom. The molecule has 0 N–H and O–H groups in total. The van der Waals surface area contributed by atoms with Crippen molar-refractivity contribution in [1.29, 1.82) is 0 Å². The molecule has 0 saturated heterocycles. The molecule has 0 saturated carbocycles. The maximum Gasteiger partial charge on any atom is -0.0155 e. The highest BCUT2D eigenvalue weighted by molar-refractivity contribution is 5.86. The summed E-state index contributed by atoms with van der Waals surface area (Å²) in [5.41, 5.74) is 3.94. The molecule has 2 aromatic rings. The molecule has 17 heavy (non-hydrogen) atoms. The summed E-state index contributed by atoms with van der Waals surface area (Å²) in [7, 11) is 0. The Morgan fingerprint density at radius 1 is 0.588 bits per heavy atom. The first-order chi connectivity index (χ1) is 6.38. The number of benzene rings is 2. The molecule has 0 spiro atoms. The van der Waals surface area contributed by atoms with Crippen LogP contribution in [0.3, 0.4) is 0 Å². The van der Waals surface area contributed by atoms with Gasteiger partial charge in [0.15, 0.2) is 0 Å². The van der Waals surface area contributed by atoms with Crippen molar-refractivity contribution in [2.75, 3.05) is 0 Å². The minimum Gasteiger partial charge on any atom is -0.147 e. The summed E-state index contributed by atoms with van der Waals surface area (Å²) in [4.78, 5) is 0. The molecule has 2 rings (SSSR count). The van der Waals surface area contributed by atoms with Crippen LogP contribution >= 0.6 is 49.6 Å². The van der Waals surface area contributed by atoms with E-state index in [1.165, 1.54) is 16.7 Å². The molecule has 0 nitrogen and oxygen atoms in total. The van der Waals surface area contributed by atoms with Crippen LogP contribution in [0, 0.1) is 6.92 Å². The minimum absolute atomic E-state index is 0. The van der Waals surface area contributed by atoms with Crippen molar-refractivity contribution in [3.63, 3.8) is 0 Å². The molecule has 0 amide bonds. The van der Waals surface area contributed by atoms with Crippen LogP contribution in [0.5, 0.6) is 0 Å². The minimum atomic E-state index is 0. The zero-order chi connectivity index (χ0) is 9.10. The lowest BCUT2D eigenvalue weighted by molar-refractivity contribution is 1.46. The van der Waals surface area contributed by atoms with Crippen LogP contribution in [0.4, 0.5) is 0 Å². The van der Waals surface area contributed by atoms with E-state index in [0.29, 0.717) is 0 Å². The summed E-state index contributed by atoms with van der Waals surface area (Å²) in [5, 5.41) is 0. The van der Waals surface area contributed by atoms with Gasteiger partial charge in [-0.05, 0) is 23.6 Å². The Kier molecular flexibility index (Phi) is 13.8. The van der Waals surface area contributed by atoms with Crippen LogP contribution in [0.15, 0.2) is 54.6 Å². The molecule has 0 aliphatic heterocycles. The Balaban J connectivity index is -0.000000490. The topological polar surface area (TPSA) is 0 Å². The molecule has 0 bridgehead atoms. The van der Waals surface area contributed by atoms with Crippen LogP contribution in [-0.4, -0.2) is 0 Å². The van der Waals surface area contributed by atoms with Crippen molar-refractivity contribution in [2.45, 2.75) is 6.92 Å². The molecular weight excluding hydrogens is 298 g/mol. The Hall–Kier alpha value is -0.400. The van der Waals surface area contributed by atoms with Crippen molar-refractivity contribution in [2.24, 2.45) is 0 Å². The summed E-state index contributed by atoms with van der Waals surface area (Å²) < 4.78 is 0. The van der Waals surface area contributed by atoms with Gasteiger partial charge in [-0.3, -0.25) is 0 Å². The monoisotopic (exact) mass is 312 g/mol. The molecule has 96 valence electrons. The summed E-state index contributed by atoms with van der Waals surface area (Å²) in [6.45, 7) is 2.14. The lowest BCUT2D eigenvalue weighted by atomic mass is 10.0. The van der Waals surface area contributed by atoms with Crippen molar-refractivity contribution < 1.29 is 0 Å². The van der Waals surface area contributed by atoms with E-state index in [1.807, 2.05) is 6.07 Å². The average Bonchev–Trinajstić information content (AvgIpc) is 2.20. The van der Waals surface area contributed by atoms with E-state index < -0.39 is 0 Å². The van der Waals surface area contributed by atoms with Gasteiger partial charge >= 0.3 is 0 Å². The second-order valence-electron chi connectivity index (χ2n) is 3.18. The van der Waals surface area contributed by atoms with E-state index in [4.69, 9.17) is 0 Å². The Labute approximate surface area is 127 Å². The third-order valence-electron chi connectivity index (χ3n) is 2.23. The molecule has 0 aliphatic carbocycles. The van der Waals surface area contributed by atoms with Gasteiger partial charge in [-0.2, -0.15) is 0 Å². The predicted molar refractivity (Wildman–Crippen MR) is 85.6 cm³/mol. The number of rotatable bonds is 1. The molecule has 0 aromatic heterocycles. The van der Waals surface area contributed by atoms with Crippen molar-refractivity contribution >= 4 is 49.6 Å². The number of aryl methyl sites for hydroxylation is 1. The van der Waals surface area contributed by atoms with Crippen molar-refractivity contribution in [3.05, 3.63) is 60.2 Å². The summed E-state index contributed by atoms with van der Waals surface area (Å²) in [6, 6.07) is 18.9. The first-order valence-electron chi connectivity index (χ1n) is 4.49. The SMILES string of the molecule is Cc1ccccc1-c1ccccc1.Cl.Cl.Cl.Cl. The molecule has 0 atom stereocenters. The highest BCUT2D eigenvalue weighted by Gasteiger charge is 1.97. The van der Waals surface area contributed by atoms with Crippen LogP contribution in [0.2, 0.25) is 0 Å². The standard InChI is InChI=1S/C13H12.4ClH/c1-11-7-5-6-10-13(11)12-8-3-2-4-9-12;;;;/h2-10H,1H3;4*1H. The van der Waals surface area contributed by atoms with Crippen molar-refractivity contribution in [1.82, 2.24) is 0 Å². The Morgan fingerprint density at radius 3 is 1.59 bits per heavy atom. The average molecular weight is 314 g/mol. The van der Waals surface area contributed by atoms with Gasteiger partial charge in [0.1, 0.15) is 0 Å². The van der Waals surface area contributed by atoms with Gasteiger partial charge in [0.05, 0.1) is 0 Å². The Bertz CT molecular complexity index is 401. The molecule has 0 fully saturated rings. The molecular formula is C13H16Cl4. The zero-order valence-corrected chi connectivity index (χ0v) is 12.6. The third-order valence-corrected chi connectivity index (χ3v) is 2.23. The second kappa shape index (κ2) is 10.7. The van der Waals surface area contributed by atoms with Gasteiger partial charge < -0.3 is 0 Å².